The van der Waals surface area contributed by atoms with Crippen LogP contribution >= 0.6 is 0 Å². The number of hydrogen-bond donors (Lipinski definition) is 2. The zero-order valence-electron chi connectivity index (χ0n) is 11.0. The fourth-order valence-corrected chi connectivity index (χ4v) is 2.50. The molecule has 2 N–H and O–H groups in total. The summed E-state index contributed by atoms with van der Waals surface area (Å²) in [5.41, 5.74) is -2.20. The largest absolute Gasteiger partial charge is 0.416 e. The number of halogens is 3. The quantitative estimate of drug-likeness (QED) is 0.877. The number of rotatable bonds is 2. The number of benzene rings is 1. The molecule has 1 amide bonds. The van der Waals surface area contributed by atoms with Crippen LogP contribution in [0.5, 0.6) is 0 Å². The Balaban J connectivity index is 2.24. The Kier molecular flexibility index (Phi) is 3.77. The van der Waals surface area contributed by atoms with E-state index in [2.05, 4.69) is 5.32 Å². The van der Waals surface area contributed by atoms with Crippen LogP contribution in [0.4, 0.5) is 18.9 Å². The first kappa shape index (κ1) is 14.8. The zero-order chi connectivity index (χ0) is 15.0. The third-order valence-corrected chi connectivity index (χ3v) is 3.74. The number of alkyl halides is 3. The molecule has 0 spiro atoms. The maximum Gasteiger partial charge on any atom is 0.416 e. The molecule has 2 rings (SSSR count). The van der Waals surface area contributed by atoms with Crippen molar-refractivity contribution in [3.8, 4) is 0 Å². The van der Waals surface area contributed by atoms with Crippen molar-refractivity contribution >= 4 is 11.6 Å². The highest BCUT2D eigenvalue weighted by Gasteiger charge is 2.39. The average Bonchev–Trinajstić information content (AvgIpc) is 2.78. The predicted octanol–water partition coefficient (Wildman–Crippen LogP) is 3.26. The molecule has 0 saturated heterocycles. The van der Waals surface area contributed by atoms with Gasteiger partial charge in [0.1, 0.15) is 5.60 Å². The first-order valence-corrected chi connectivity index (χ1v) is 6.45. The van der Waals surface area contributed by atoms with Crippen LogP contribution in [0.3, 0.4) is 0 Å². The van der Waals surface area contributed by atoms with Gasteiger partial charge in [-0.05, 0) is 50.3 Å². The van der Waals surface area contributed by atoms with Gasteiger partial charge in [-0.2, -0.15) is 13.2 Å². The zero-order valence-corrected chi connectivity index (χ0v) is 11.0. The van der Waals surface area contributed by atoms with E-state index < -0.39 is 23.2 Å². The minimum atomic E-state index is -4.46. The van der Waals surface area contributed by atoms with Gasteiger partial charge in [-0.25, -0.2) is 0 Å². The van der Waals surface area contributed by atoms with Crippen molar-refractivity contribution in [1.29, 1.82) is 0 Å². The van der Waals surface area contributed by atoms with Crippen LogP contribution in [-0.4, -0.2) is 16.6 Å². The van der Waals surface area contributed by atoms with Crippen LogP contribution in [0.25, 0.3) is 0 Å². The molecule has 1 saturated carbocycles. The average molecular weight is 287 g/mol. The van der Waals surface area contributed by atoms with Gasteiger partial charge < -0.3 is 10.4 Å². The van der Waals surface area contributed by atoms with Crippen molar-refractivity contribution < 1.29 is 23.1 Å². The number of hydrogen-bond acceptors (Lipinski definition) is 2. The van der Waals surface area contributed by atoms with E-state index in [1.165, 1.54) is 19.1 Å². The summed E-state index contributed by atoms with van der Waals surface area (Å²) < 4.78 is 38.3. The molecule has 1 aromatic rings. The SMILES string of the molecule is Cc1c(NC(=O)C2(O)CCCC2)cccc1C(F)(F)F. The van der Waals surface area contributed by atoms with Gasteiger partial charge in [0.25, 0.3) is 5.91 Å². The summed E-state index contributed by atoms with van der Waals surface area (Å²) in [7, 11) is 0. The van der Waals surface area contributed by atoms with Gasteiger partial charge in [0.2, 0.25) is 0 Å². The molecule has 6 heteroatoms. The standard InChI is InChI=1S/C14H16F3NO2/c1-9-10(14(15,16)17)5-4-6-11(9)18-12(19)13(20)7-2-3-8-13/h4-6,20H,2-3,7-8H2,1H3,(H,18,19). The molecule has 0 aromatic heterocycles. The number of amides is 1. The predicted molar refractivity (Wildman–Crippen MR) is 68.2 cm³/mol. The van der Waals surface area contributed by atoms with Crippen molar-refractivity contribution in [1.82, 2.24) is 0 Å². The van der Waals surface area contributed by atoms with E-state index in [4.69, 9.17) is 0 Å². The Hall–Kier alpha value is -1.56. The lowest BCUT2D eigenvalue weighted by Crippen LogP contribution is -2.40. The second-order valence-electron chi connectivity index (χ2n) is 5.17. The van der Waals surface area contributed by atoms with E-state index in [9.17, 15) is 23.1 Å². The van der Waals surface area contributed by atoms with E-state index in [0.29, 0.717) is 12.8 Å². The third-order valence-electron chi connectivity index (χ3n) is 3.74. The second-order valence-corrected chi connectivity index (χ2v) is 5.17. The molecular weight excluding hydrogens is 271 g/mol. The molecule has 1 aliphatic carbocycles. The van der Waals surface area contributed by atoms with E-state index in [1.54, 1.807) is 0 Å². The number of aliphatic hydroxyl groups is 1. The van der Waals surface area contributed by atoms with E-state index in [1.807, 2.05) is 0 Å². The number of anilines is 1. The lowest BCUT2D eigenvalue weighted by atomic mass is 10.0. The Morgan fingerprint density at radius 2 is 1.90 bits per heavy atom. The Labute approximate surface area is 114 Å². The Morgan fingerprint density at radius 1 is 1.30 bits per heavy atom. The van der Waals surface area contributed by atoms with Gasteiger partial charge in [0.15, 0.2) is 0 Å². The minimum absolute atomic E-state index is 0.0463. The van der Waals surface area contributed by atoms with Gasteiger partial charge in [0, 0.05) is 5.69 Å². The minimum Gasteiger partial charge on any atom is -0.380 e. The van der Waals surface area contributed by atoms with Crippen LogP contribution in [-0.2, 0) is 11.0 Å². The number of nitrogens with one attached hydrogen (secondary N) is 1. The van der Waals surface area contributed by atoms with Crippen LogP contribution in [0.1, 0.15) is 36.8 Å². The van der Waals surface area contributed by atoms with Crippen molar-refractivity contribution in [2.45, 2.75) is 44.4 Å². The summed E-state index contributed by atoms with van der Waals surface area (Å²) in [5, 5.41) is 12.5. The molecule has 0 unspecified atom stereocenters. The van der Waals surface area contributed by atoms with Gasteiger partial charge in [0.05, 0.1) is 5.56 Å². The summed E-state index contributed by atoms with van der Waals surface area (Å²) in [6.45, 7) is 1.30. The maximum atomic E-state index is 12.8. The van der Waals surface area contributed by atoms with Crippen molar-refractivity contribution in [3.63, 3.8) is 0 Å². The van der Waals surface area contributed by atoms with Gasteiger partial charge in [-0.3, -0.25) is 4.79 Å². The fraction of sp³-hybridized carbons (Fsp3) is 0.500. The van der Waals surface area contributed by atoms with Crippen LogP contribution in [0, 0.1) is 6.92 Å². The Morgan fingerprint density at radius 3 is 2.45 bits per heavy atom. The molecule has 110 valence electrons. The van der Waals surface area contributed by atoms with Gasteiger partial charge >= 0.3 is 6.18 Å². The summed E-state index contributed by atoms with van der Waals surface area (Å²) in [5.74, 6) is -0.627. The topological polar surface area (TPSA) is 49.3 Å². The van der Waals surface area contributed by atoms with Crippen molar-refractivity contribution in [3.05, 3.63) is 29.3 Å². The molecule has 1 fully saturated rings. The van der Waals surface area contributed by atoms with E-state index in [0.717, 1.165) is 18.9 Å². The molecule has 0 atom stereocenters. The molecule has 0 radical (unpaired) electrons. The Bertz CT molecular complexity index is 520. The highest BCUT2D eigenvalue weighted by Crippen LogP contribution is 2.35. The van der Waals surface area contributed by atoms with Crippen LogP contribution in [0.15, 0.2) is 18.2 Å². The molecule has 1 aliphatic rings. The summed E-state index contributed by atoms with van der Waals surface area (Å²) in [4.78, 5) is 12.0. The highest BCUT2D eigenvalue weighted by molar-refractivity contribution is 5.98. The summed E-state index contributed by atoms with van der Waals surface area (Å²) >= 11 is 0. The number of carbonyl (C=O) groups excluding carboxylic acids is 1. The first-order valence-electron chi connectivity index (χ1n) is 6.45. The van der Waals surface area contributed by atoms with Gasteiger partial charge in [-0.15, -0.1) is 0 Å². The van der Waals surface area contributed by atoms with E-state index >= 15 is 0 Å². The lowest BCUT2D eigenvalue weighted by molar-refractivity contribution is -0.138. The summed E-state index contributed by atoms with van der Waals surface area (Å²) in [6.07, 6.45) is -2.29. The smallest absolute Gasteiger partial charge is 0.380 e. The van der Waals surface area contributed by atoms with Crippen molar-refractivity contribution in [2.24, 2.45) is 0 Å². The summed E-state index contributed by atoms with van der Waals surface area (Å²) in [6, 6.07) is 3.61. The van der Waals surface area contributed by atoms with Crippen molar-refractivity contribution in [2.75, 3.05) is 5.32 Å². The third kappa shape index (κ3) is 2.80. The second kappa shape index (κ2) is 5.09. The molecule has 3 nitrogen and oxygen atoms in total. The molecule has 0 bridgehead atoms. The molecule has 0 aliphatic heterocycles. The molecule has 1 aromatic carbocycles. The highest BCUT2D eigenvalue weighted by atomic mass is 19.4. The lowest BCUT2D eigenvalue weighted by Gasteiger charge is -2.22. The van der Waals surface area contributed by atoms with Crippen LogP contribution in [0.2, 0.25) is 0 Å². The molecule has 0 heterocycles. The monoisotopic (exact) mass is 287 g/mol. The van der Waals surface area contributed by atoms with E-state index in [-0.39, 0.29) is 11.3 Å². The first-order chi connectivity index (χ1) is 9.24. The maximum absolute atomic E-state index is 12.8. The van der Waals surface area contributed by atoms with Gasteiger partial charge in [-0.1, -0.05) is 6.07 Å². The fourth-order valence-electron chi connectivity index (χ4n) is 2.50. The normalized spacial score (nSPS) is 18.1. The van der Waals surface area contributed by atoms with Crippen LogP contribution < -0.4 is 5.32 Å². The molecule has 20 heavy (non-hydrogen) atoms. The molecular formula is C14H16F3NO2. The number of carbonyl (C=O) groups is 1.